The van der Waals surface area contributed by atoms with E-state index >= 15 is 0 Å². The number of likely N-dealkylation sites (tertiary alicyclic amines) is 1. The highest BCUT2D eigenvalue weighted by Crippen LogP contribution is 2.27. The first-order valence-electron chi connectivity index (χ1n) is 7.44. The molecule has 0 radical (unpaired) electrons. The van der Waals surface area contributed by atoms with Crippen molar-refractivity contribution in [1.82, 2.24) is 4.90 Å². The standard InChI is InChI=1S/C16H20N2O3/c1-2-11-3-5-13(6-4-11)18-8-12(7-15(18)20)16(21)17-9-14(19)10-17/h3-6,12,14,19H,2,7-10H2,1H3. The summed E-state index contributed by atoms with van der Waals surface area (Å²) in [5.41, 5.74) is 2.09. The molecule has 1 N–H and O–H groups in total. The number of hydrogen-bond acceptors (Lipinski definition) is 3. The van der Waals surface area contributed by atoms with Crippen LogP contribution in [0.25, 0.3) is 0 Å². The maximum Gasteiger partial charge on any atom is 0.228 e. The number of amides is 2. The lowest BCUT2D eigenvalue weighted by atomic mass is 10.0. The first kappa shape index (κ1) is 14.1. The van der Waals surface area contributed by atoms with Crippen LogP contribution in [0.1, 0.15) is 18.9 Å². The lowest BCUT2D eigenvalue weighted by Gasteiger charge is -2.37. The summed E-state index contributed by atoms with van der Waals surface area (Å²) >= 11 is 0. The second-order valence-corrected chi connectivity index (χ2v) is 5.82. The van der Waals surface area contributed by atoms with Crippen LogP contribution >= 0.6 is 0 Å². The number of anilines is 1. The van der Waals surface area contributed by atoms with Crippen LogP contribution in [0.4, 0.5) is 5.69 Å². The molecule has 2 saturated heterocycles. The summed E-state index contributed by atoms with van der Waals surface area (Å²) in [5.74, 6) is -0.296. The van der Waals surface area contributed by atoms with E-state index in [1.165, 1.54) is 5.56 Å². The molecule has 21 heavy (non-hydrogen) atoms. The zero-order valence-electron chi connectivity index (χ0n) is 12.2. The lowest BCUT2D eigenvalue weighted by Crippen LogP contribution is -2.55. The summed E-state index contributed by atoms with van der Waals surface area (Å²) in [7, 11) is 0. The van der Waals surface area contributed by atoms with Gasteiger partial charge in [-0.05, 0) is 24.1 Å². The Morgan fingerprint density at radius 2 is 1.90 bits per heavy atom. The number of β-amino-alcohol motifs (C(OH)–C–C–N with tert-alkyl or cyclic N) is 1. The first-order valence-corrected chi connectivity index (χ1v) is 7.44. The Hall–Kier alpha value is -1.88. The Morgan fingerprint density at radius 1 is 1.24 bits per heavy atom. The van der Waals surface area contributed by atoms with E-state index in [2.05, 4.69) is 6.92 Å². The summed E-state index contributed by atoms with van der Waals surface area (Å²) < 4.78 is 0. The molecule has 2 amide bonds. The third-order valence-electron chi connectivity index (χ3n) is 4.30. The molecule has 1 aromatic carbocycles. The fourth-order valence-corrected chi connectivity index (χ4v) is 2.93. The number of rotatable bonds is 3. The minimum Gasteiger partial charge on any atom is -0.389 e. The van der Waals surface area contributed by atoms with E-state index in [1.807, 2.05) is 24.3 Å². The van der Waals surface area contributed by atoms with E-state index in [0.717, 1.165) is 12.1 Å². The number of aryl methyl sites for hydroxylation is 1. The van der Waals surface area contributed by atoms with Gasteiger partial charge in [0.2, 0.25) is 11.8 Å². The fourth-order valence-electron chi connectivity index (χ4n) is 2.93. The van der Waals surface area contributed by atoms with Crippen molar-refractivity contribution in [2.45, 2.75) is 25.9 Å². The van der Waals surface area contributed by atoms with Gasteiger partial charge in [-0.25, -0.2) is 0 Å². The van der Waals surface area contributed by atoms with Gasteiger partial charge in [-0.3, -0.25) is 9.59 Å². The van der Waals surface area contributed by atoms with Gasteiger partial charge in [-0.2, -0.15) is 0 Å². The summed E-state index contributed by atoms with van der Waals surface area (Å²) in [6.07, 6.45) is 0.830. The highest BCUT2D eigenvalue weighted by molar-refractivity contribution is 6.00. The summed E-state index contributed by atoms with van der Waals surface area (Å²) in [6.45, 7) is 3.32. The highest BCUT2D eigenvalue weighted by atomic mass is 16.3. The molecule has 0 saturated carbocycles. The third-order valence-corrected chi connectivity index (χ3v) is 4.30. The summed E-state index contributed by atoms with van der Waals surface area (Å²) in [6, 6.07) is 7.92. The normalized spacial score (nSPS) is 22.6. The molecule has 2 aliphatic heterocycles. The van der Waals surface area contributed by atoms with Crippen LogP contribution in [0.2, 0.25) is 0 Å². The van der Waals surface area contributed by atoms with Gasteiger partial charge in [0.25, 0.3) is 0 Å². The van der Waals surface area contributed by atoms with Crippen molar-refractivity contribution in [2.75, 3.05) is 24.5 Å². The average Bonchev–Trinajstić information content (AvgIpc) is 2.85. The molecule has 112 valence electrons. The Labute approximate surface area is 124 Å². The molecule has 5 heteroatoms. The Kier molecular flexibility index (Phi) is 3.68. The van der Waals surface area contributed by atoms with Crippen LogP contribution in [-0.2, 0) is 16.0 Å². The fraction of sp³-hybridized carbons (Fsp3) is 0.500. The van der Waals surface area contributed by atoms with Gasteiger partial charge in [-0.15, -0.1) is 0 Å². The molecule has 3 rings (SSSR count). The zero-order valence-corrected chi connectivity index (χ0v) is 12.2. The van der Waals surface area contributed by atoms with Crippen molar-refractivity contribution in [3.63, 3.8) is 0 Å². The van der Waals surface area contributed by atoms with E-state index in [-0.39, 0.29) is 24.2 Å². The second-order valence-electron chi connectivity index (χ2n) is 5.82. The van der Waals surface area contributed by atoms with Crippen molar-refractivity contribution < 1.29 is 14.7 Å². The van der Waals surface area contributed by atoms with E-state index in [4.69, 9.17) is 0 Å². The van der Waals surface area contributed by atoms with Crippen molar-refractivity contribution in [3.8, 4) is 0 Å². The molecule has 1 aromatic rings. The monoisotopic (exact) mass is 288 g/mol. The number of carbonyl (C=O) groups is 2. The van der Waals surface area contributed by atoms with Crippen LogP contribution in [0.15, 0.2) is 24.3 Å². The minimum atomic E-state index is -0.399. The Bertz CT molecular complexity index is 549. The number of aliphatic hydroxyl groups excluding tert-OH is 1. The molecule has 2 aliphatic rings. The molecule has 2 heterocycles. The van der Waals surface area contributed by atoms with Crippen LogP contribution in [0.3, 0.4) is 0 Å². The molecule has 0 spiro atoms. The number of hydrogen-bond donors (Lipinski definition) is 1. The smallest absolute Gasteiger partial charge is 0.228 e. The van der Waals surface area contributed by atoms with E-state index in [9.17, 15) is 14.7 Å². The molecular weight excluding hydrogens is 268 g/mol. The predicted octanol–water partition coefficient (Wildman–Crippen LogP) is 0.805. The lowest BCUT2D eigenvalue weighted by molar-refractivity contribution is -0.145. The topological polar surface area (TPSA) is 60.9 Å². The van der Waals surface area contributed by atoms with Crippen molar-refractivity contribution in [3.05, 3.63) is 29.8 Å². The Balaban J connectivity index is 1.67. The molecule has 2 fully saturated rings. The van der Waals surface area contributed by atoms with Crippen molar-refractivity contribution >= 4 is 17.5 Å². The number of carbonyl (C=O) groups excluding carboxylic acids is 2. The largest absolute Gasteiger partial charge is 0.389 e. The van der Waals surface area contributed by atoms with Crippen LogP contribution in [0, 0.1) is 5.92 Å². The van der Waals surface area contributed by atoms with Crippen LogP contribution in [-0.4, -0.2) is 47.6 Å². The number of benzene rings is 1. The van der Waals surface area contributed by atoms with Gasteiger partial charge in [0.15, 0.2) is 0 Å². The quantitative estimate of drug-likeness (QED) is 0.895. The van der Waals surface area contributed by atoms with Gasteiger partial charge in [-0.1, -0.05) is 19.1 Å². The minimum absolute atomic E-state index is 0.00123. The van der Waals surface area contributed by atoms with Gasteiger partial charge in [0.05, 0.1) is 12.0 Å². The van der Waals surface area contributed by atoms with Crippen LogP contribution in [0.5, 0.6) is 0 Å². The van der Waals surface area contributed by atoms with Crippen molar-refractivity contribution in [2.24, 2.45) is 5.92 Å². The first-order chi connectivity index (χ1) is 10.1. The maximum absolute atomic E-state index is 12.2. The van der Waals surface area contributed by atoms with Gasteiger partial charge in [0.1, 0.15) is 0 Å². The summed E-state index contributed by atoms with van der Waals surface area (Å²) in [5, 5.41) is 9.27. The Morgan fingerprint density at radius 3 is 2.48 bits per heavy atom. The van der Waals surface area contributed by atoms with E-state index < -0.39 is 6.10 Å². The SMILES string of the molecule is CCc1ccc(N2CC(C(=O)N3CC(O)C3)CC2=O)cc1. The van der Waals surface area contributed by atoms with E-state index in [1.54, 1.807) is 9.80 Å². The van der Waals surface area contributed by atoms with Gasteiger partial charge < -0.3 is 14.9 Å². The molecular formula is C16H20N2O3. The van der Waals surface area contributed by atoms with Gasteiger partial charge in [0, 0.05) is 31.7 Å². The molecule has 0 bridgehead atoms. The number of aliphatic hydroxyl groups is 1. The highest BCUT2D eigenvalue weighted by Gasteiger charge is 2.40. The molecule has 0 aliphatic carbocycles. The summed E-state index contributed by atoms with van der Waals surface area (Å²) in [4.78, 5) is 27.7. The zero-order chi connectivity index (χ0) is 15.0. The molecule has 1 atom stereocenters. The molecule has 0 aromatic heterocycles. The second kappa shape index (κ2) is 5.48. The number of nitrogens with zero attached hydrogens (tertiary/aromatic N) is 2. The van der Waals surface area contributed by atoms with E-state index in [0.29, 0.717) is 19.6 Å². The third kappa shape index (κ3) is 2.65. The molecule has 1 unspecified atom stereocenters. The van der Waals surface area contributed by atoms with Gasteiger partial charge >= 0.3 is 0 Å². The van der Waals surface area contributed by atoms with Crippen molar-refractivity contribution in [1.29, 1.82) is 0 Å². The maximum atomic E-state index is 12.2. The molecule has 5 nitrogen and oxygen atoms in total. The van der Waals surface area contributed by atoms with Crippen LogP contribution < -0.4 is 4.90 Å². The predicted molar refractivity (Wildman–Crippen MR) is 78.9 cm³/mol. The average molecular weight is 288 g/mol.